The minimum absolute atomic E-state index is 0.0485. The Bertz CT molecular complexity index is 713. The first kappa shape index (κ1) is 14.8. The molecule has 0 aliphatic rings. The van der Waals surface area contributed by atoms with Crippen LogP contribution in [0.1, 0.15) is 33.3 Å². The van der Waals surface area contributed by atoms with E-state index in [4.69, 9.17) is 27.9 Å². The van der Waals surface area contributed by atoms with Crippen LogP contribution >= 0.6 is 23.2 Å². The zero-order valence-electron chi connectivity index (χ0n) is 10.9. The van der Waals surface area contributed by atoms with Crippen LogP contribution in [-0.4, -0.2) is 22.8 Å². The number of halogens is 2. The van der Waals surface area contributed by atoms with Crippen molar-refractivity contribution in [2.45, 2.75) is 13.8 Å². The van der Waals surface area contributed by atoms with Gasteiger partial charge in [-0.1, -0.05) is 11.6 Å². The molecule has 1 aromatic heterocycles. The summed E-state index contributed by atoms with van der Waals surface area (Å²) in [7, 11) is 0. The molecule has 0 saturated heterocycles. The SMILES string of the molecule is CCOC(=O)c1cc(Cl)c2cc(C)cc(C(=O)Cl)c2n1. The van der Waals surface area contributed by atoms with Crippen molar-refractivity contribution in [3.8, 4) is 0 Å². The Morgan fingerprint density at radius 1 is 1.30 bits per heavy atom. The minimum Gasteiger partial charge on any atom is -0.461 e. The number of aromatic nitrogens is 1. The molecule has 0 amide bonds. The van der Waals surface area contributed by atoms with Gasteiger partial charge in [-0.25, -0.2) is 9.78 Å². The summed E-state index contributed by atoms with van der Waals surface area (Å²) < 4.78 is 4.88. The van der Waals surface area contributed by atoms with Gasteiger partial charge in [-0.15, -0.1) is 0 Å². The number of benzene rings is 1. The Morgan fingerprint density at radius 2 is 2.00 bits per heavy atom. The molecule has 0 bridgehead atoms. The molecular formula is C14H11Cl2NO3. The van der Waals surface area contributed by atoms with Gasteiger partial charge in [0.2, 0.25) is 0 Å². The van der Waals surface area contributed by atoms with Crippen molar-refractivity contribution in [3.63, 3.8) is 0 Å². The molecule has 0 aliphatic heterocycles. The maximum absolute atomic E-state index is 11.7. The van der Waals surface area contributed by atoms with Gasteiger partial charge in [0.25, 0.3) is 5.24 Å². The van der Waals surface area contributed by atoms with E-state index in [1.54, 1.807) is 19.1 Å². The molecular weight excluding hydrogens is 301 g/mol. The van der Waals surface area contributed by atoms with Crippen molar-refractivity contribution in [3.05, 3.63) is 40.0 Å². The van der Waals surface area contributed by atoms with Gasteiger partial charge in [-0.2, -0.15) is 0 Å². The first-order valence-electron chi connectivity index (χ1n) is 5.92. The second-order valence-corrected chi connectivity index (χ2v) is 4.94. The molecule has 6 heteroatoms. The van der Waals surface area contributed by atoms with Crippen molar-refractivity contribution in [1.82, 2.24) is 4.98 Å². The normalized spacial score (nSPS) is 10.6. The van der Waals surface area contributed by atoms with Crippen molar-refractivity contribution in [2.24, 2.45) is 0 Å². The fourth-order valence-corrected chi connectivity index (χ4v) is 2.28. The minimum atomic E-state index is -0.650. The van der Waals surface area contributed by atoms with Gasteiger partial charge in [0.05, 0.1) is 22.7 Å². The zero-order valence-corrected chi connectivity index (χ0v) is 12.4. The van der Waals surface area contributed by atoms with Gasteiger partial charge in [0, 0.05) is 5.39 Å². The molecule has 104 valence electrons. The summed E-state index contributed by atoms with van der Waals surface area (Å²) >= 11 is 11.7. The van der Waals surface area contributed by atoms with E-state index in [-0.39, 0.29) is 17.9 Å². The molecule has 0 N–H and O–H groups in total. The standard InChI is InChI=1S/C14H11Cl2NO3/c1-3-20-14(19)11-6-10(15)8-4-7(2)5-9(13(16)18)12(8)17-11/h4-6H,3H2,1-2H3. The maximum atomic E-state index is 11.7. The van der Waals surface area contributed by atoms with E-state index in [2.05, 4.69) is 4.98 Å². The van der Waals surface area contributed by atoms with Crippen molar-refractivity contribution in [1.29, 1.82) is 0 Å². The molecule has 2 rings (SSSR count). The lowest BCUT2D eigenvalue weighted by atomic mass is 10.1. The summed E-state index contributed by atoms with van der Waals surface area (Å²) in [6.45, 7) is 3.74. The first-order valence-corrected chi connectivity index (χ1v) is 6.67. The molecule has 2 aromatic rings. The van der Waals surface area contributed by atoms with Crippen LogP contribution in [0.4, 0.5) is 0 Å². The highest BCUT2D eigenvalue weighted by molar-refractivity contribution is 6.68. The van der Waals surface area contributed by atoms with Crippen LogP contribution < -0.4 is 0 Å². The first-order chi connectivity index (χ1) is 9.43. The molecule has 0 spiro atoms. The van der Waals surface area contributed by atoms with E-state index >= 15 is 0 Å². The number of ether oxygens (including phenoxy) is 1. The number of hydrogen-bond donors (Lipinski definition) is 0. The Hall–Kier alpha value is -1.65. The summed E-state index contributed by atoms with van der Waals surface area (Å²) in [5.74, 6) is -0.593. The van der Waals surface area contributed by atoms with Gasteiger partial charge in [-0.3, -0.25) is 4.79 Å². The number of pyridine rings is 1. The Kier molecular flexibility index (Phi) is 4.26. The topological polar surface area (TPSA) is 56.3 Å². The number of esters is 1. The number of hydrogen-bond acceptors (Lipinski definition) is 4. The Labute approximate surface area is 125 Å². The number of nitrogens with zero attached hydrogens (tertiary/aromatic N) is 1. The predicted octanol–water partition coefficient (Wildman–Crippen LogP) is 3.75. The monoisotopic (exact) mass is 311 g/mol. The highest BCUT2D eigenvalue weighted by Crippen LogP contribution is 2.28. The van der Waals surface area contributed by atoms with Crippen LogP contribution in [0.5, 0.6) is 0 Å². The molecule has 1 heterocycles. The van der Waals surface area contributed by atoms with Crippen LogP contribution in [0.15, 0.2) is 18.2 Å². The quantitative estimate of drug-likeness (QED) is 0.640. The number of aryl methyl sites for hydroxylation is 1. The molecule has 0 unspecified atom stereocenters. The molecule has 4 nitrogen and oxygen atoms in total. The van der Waals surface area contributed by atoms with Gasteiger partial charge in [0.1, 0.15) is 0 Å². The number of carbonyl (C=O) groups is 2. The molecule has 0 atom stereocenters. The molecule has 1 aromatic carbocycles. The zero-order chi connectivity index (χ0) is 14.9. The Balaban J connectivity index is 2.75. The van der Waals surface area contributed by atoms with E-state index in [0.717, 1.165) is 5.56 Å². The molecule has 0 radical (unpaired) electrons. The predicted molar refractivity (Wildman–Crippen MR) is 77.6 cm³/mol. The van der Waals surface area contributed by atoms with E-state index < -0.39 is 11.2 Å². The summed E-state index contributed by atoms with van der Waals surface area (Å²) in [6, 6.07) is 4.81. The summed E-state index contributed by atoms with van der Waals surface area (Å²) in [5, 5.41) is 0.243. The molecule has 0 fully saturated rings. The highest BCUT2D eigenvalue weighted by atomic mass is 35.5. The average Bonchev–Trinajstić information content (AvgIpc) is 2.38. The van der Waals surface area contributed by atoms with Crippen LogP contribution in [-0.2, 0) is 4.74 Å². The van der Waals surface area contributed by atoms with Crippen molar-refractivity contribution >= 4 is 45.3 Å². The number of carbonyl (C=O) groups excluding carboxylic acids is 2. The van der Waals surface area contributed by atoms with Crippen LogP contribution in [0.25, 0.3) is 10.9 Å². The van der Waals surface area contributed by atoms with E-state index in [1.807, 2.05) is 6.92 Å². The molecule has 0 aliphatic carbocycles. The van der Waals surface area contributed by atoms with E-state index in [0.29, 0.717) is 15.9 Å². The third kappa shape index (κ3) is 2.76. The van der Waals surface area contributed by atoms with Crippen molar-refractivity contribution in [2.75, 3.05) is 6.61 Å². The fraction of sp³-hybridized carbons (Fsp3) is 0.214. The van der Waals surface area contributed by atoms with E-state index in [9.17, 15) is 9.59 Å². The average molecular weight is 312 g/mol. The fourth-order valence-electron chi connectivity index (χ4n) is 1.89. The maximum Gasteiger partial charge on any atom is 0.356 e. The summed E-state index contributed by atoms with van der Waals surface area (Å²) in [5.41, 5.74) is 1.39. The van der Waals surface area contributed by atoms with E-state index in [1.165, 1.54) is 6.07 Å². The third-order valence-electron chi connectivity index (χ3n) is 2.70. The summed E-state index contributed by atoms with van der Waals surface area (Å²) in [6.07, 6.45) is 0. The lowest BCUT2D eigenvalue weighted by Crippen LogP contribution is -2.08. The van der Waals surface area contributed by atoms with Gasteiger partial charge < -0.3 is 4.74 Å². The smallest absolute Gasteiger partial charge is 0.356 e. The third-order valence-corrected chi connectivity index (χ3v) is 3.22. The second-order valence-electron chi connectivity index (χ2n) is 4.19. The van der Waals surface area contributed by atoms with Gasteiger partial charge in [0.15, 0.2) is 5.69 Å². The molecule has 0 saturated carbocycles. The lowest BCUT2D eigenvalue weighted by molar-refractivity contribution is 0.0520. The van der Waals surface area contributed by atoms with Crippen LogP contribution in [0.3, 0.4) is 0 Å². The second kappa shape index (κ2) is 5.77. The lowest BCUT2D eigenvalue weighted by Gasteiger charge is -2.08. The van der Waals surface area contributed by atoms with Gasteiger partial charge in [-0.05, 0) is 49.2 Å². The van der Waals surface area contributed by atoms with Crippen LogP contribution in [0.2, 0.25) is 5.02 Å². The highest BCUT2D eigenvalue weighted by Gasteiger charge is 2.17. The van der Waals surface area contributed by atoms with Gasteiger partial charge >= 0.3 is 5.97 Å². The van der Waals surface area contributed by atoms with Crippen molar-refractivity contribution < 1.29 is 14.3 Å². The largest absolute Gasteiger partial charge is 0.461 e. The number of rotatable bonds is 3. The number of fused-ring (bicyclic) bond motifs is 1. The van der Waals surface area contributed by atoms with Crippen LogP contribution in [0, 0.1) is 6.92 Å². The molecule has 20 heavy (non-hydrogen) atoms. The Morgan fingerprint density at radius 3 is 2.60 bits per heavy atom. The summed E-state index contributed by atoms with van der Waals surface area (Å²) in [4.78, 5) is 27.4.